The molecule has 6 nitrogen and oxygen atoms in total. The van der Waals surface area contributed by atoms with Crippen molar-refractivity contribution in [3.63, 3.8) is 0 Å². The van der Waals surface area contributed by atoms with Crippen LogP contribution in [0.25, 0.3) is 0 Å². The van der Waals surface area contributed by atoms with Gasteiger partial charge in [0.15, 0.2) is 0 Å². The smallest absolute Gasteiger partial charge is 0.258 e. The summed E-state index contributed by atoms with van der Waals surface area (Å²) in [6, 6.07) is 6.98. The molecular formula is C20H19ClN4O2S. The Kier molecular flexibility index (Phi) is 5.45. The molecule has 0 saturated carbocycles. The zero-order valence-electron chi connectivity index (χ0n) is 15.1. The van der Waals surface area contributed by atoms with Gasteiger partial charge in [-0.1, -0.05) is 11.6 Å². The molecule has 28 heavy (non-hydrogen) atoms. The van der Waals surface area contributed by atoms with E-state index < -0.39 is 0 Å². The summed E-state index contributed by atoms with van der Waals surface area (Å²) in [5.41, 5.74) is 2.30. The van der Waals surface area contributed by atoms with Crippen molar-refractivity contribution in [3.8, 4) is 0 Å². The second-order valence-electron chi connectivity index (χ2n) is 6.66. The zero-order valence-corrected chi connectivity index (χ0v) is 16.6. The van der Waals surface area contributed by atoms with Crippen LogP contribution in [0, 0.1) is 0 Å². The van der Waals surface area contributed by atoms with E-state index >= 15 is 0 Å². The molecule has 4 rings (SSSR count). The molecule has 1 aromatic carbocycles. The van der Waals surface area contributed by atoms with E-state index in [1.807, 2.05) is 0 Å². The highest BCUT2D eigenvalue weighted by atomic mass is 35.5. The van der Waals surface area contributed by atoms with Crippen molar-refractivity contribution in [3.05, 3.63) is 64.0 Å². The maximum absolute atomic E-state index is 13.0. The van der Waals surface area contributed by atoms with Crippen LogP contribution in [-0.4, -0.2) is 21.4 Å². The summed E-state index contributed by atoms with van der Waals surface area (Å²) in [5, 5.41) is 7.08. The van der Waals surface area contributed by atoms with E-state index in [1.165, 1.54) is 16.2 Å². The lowest BCUT2D eigenvalue weighted by Crippen LogP contribution is -2.21. The van der Waals surface area contributed by atoms with Gasteiger partial charge in [0.25, 0.3) is 5.91 Å². The van der Waals surface area contributed by atoms with Gasteiger partial charge in [-0.2, -0.15) is 0 Å². The van der Waals surface area contributed by atoms with Crippen molar-refractivity contribution in [2.24, 2.45) is 0 Å². The molecule has 1 aliphatic carbocycles. The Morgan fingerprint density at radius 3 is 2.68 bits per heavy atom. The van der Waals surface area contributed by atoms with Crippen LogP contribution < -0.4 is 10.6 Å². The van der Waals surface area contributed by atoms with Crippen molar-refractivity contribution >= 4 is 45.4 Å². The Morgan fingerprint density at radius 1 is 1.14 bits per heavy atom. The highest BCUT2D eigenvalue weighted by Crippen LogP contribution is 2.38. The zero-order chi connectivity index (χ0) is 19.5. The first-order valence-electron chi connectivity index (χ1n) is 9.07. The lowest BCUT2D eigenvalue weighted by molar-refractivity contribution is -0.116. The van der Waals surface area contributed by atoms with Gasteiger partial charge in [0.05, 0.1) is 11.9 Å². The van der Waals surface area contributed by atoms with E-state index in [1.54, 1.807) is 47.6 Å². The maximum Gasteiger partial charge on any atom is 0.258 e. The van der Waals surface area contributed by atoms with E-state index in [4.69, 9.17) is 11.6 Å². The van der Waals surface area contributed by atoms with Crippen molar-refractivity contribution in [1.82, 2.24) is 9.55 Å². The molecule has 0 bridgehead atoms. The fourth-order valence-electron chi connectivity index (χ4n) is 3.33. The Balaban J connectivity index is 1.59. The minimum atomic E-state index is -0.209. The molecule has 2 amide bonds. The molecule has 2 aromatic heterocycles. The van der Waals surface area contributed by atoms with Crippen LogP contribution in [0.3, 0.4) is 0 Å². The number of carbonyl (C=O) groups is 2. The van der Waals surface area contributed by atoms with Gasteiger partial charge in [-0.3, -0.25) is 9.59 Å². The summed E-state index contributed by atoms with van der Waals surface area (Å²) in [5.74, 6) is -0.392. The van der Waals surface area contributed by atoms with Crippen LogP contribution in [0.4, 0.5) is 10.7 Å². The monoisotopic (exact) mass is 414 g/mol. The average molecular weight is 415 g/mol. The lowest BCUT2D eigenvalue weighted by atomic mass is 9.95. The number of aryl methyl sites for hydroxylation is 1. The Bertz CT molecular complexity index is 996. The second-order valence-corrected chi connectivity index (χ2v) is 8.20. The van der Waals surface area contributed by atoms with Crippen molar-refractivity contribution < 1.29 is 9.59 Å². The third-order valence-electron chi connectivity index (χ3n) is 4.64. The van der Waals surface area contributed by atoms with Crippen LogP contribution in [0.1, 0.15) is 33.6 Å². The fourth-order valence-corrected chi connectivity index (χ4v) is 4.76. The minimum Gasteiger partial charge on any atom is -0.328 e. The van der Waals surface area contributed by atoms with Crippen LogP contribution in [0.5, 0.6) is 0 Å². The van der Waals surface area contributed by atoms with Gasteiger partial charge in [-0.05, 0) is 55.5 Å². The first-order chi connectivity index (χ1) is 13.6. The van der Waals surface area contributed by atoms with Crippen LogP contribution >= 0.6 is 22.9 Å². The van der Waals surface area contributed by atoms with E-state index in [0.29, 0.717) is 21.3 Å². The molecule has 0 aliphatic heterocycles. The first-order valence-corrected chi connectivity index (χ1v) is 10.3. The Labute approximate surface area is 171 Å². The van der Waals surface area contributed by atoms with Crippen molar-refractivity contribution in [2.45, 2.75) is 32.2 Å². The topological polar surface area (TPSA) is 76.0 Å². The number of rotatable bonds is 5. The van der Waals surface area contributed by atoms with E-state index in [2.05, 4.69) is 15.6 Å². The molecule has 2 N–H and O–H groups in total. The number of nitrogens with zero attached hydrogens (tertiary/aromatic N) is 2. The number of anilines is 2. The largest absolute Gasteiger partial charge is 0.328 e. The molecule has 0 atom stereocenters. The number of imidazole rings is 1. The molecule has 3 aromatic rings. The summed E-state index contributed by atoms with van der Waals surface area (Å²) in [6.07, 6.45) is 8.90. The molecule has 0 unspecified atom stereocenters. The molecule has 0 fully saturated rings. The average Bonchev–Trinajstić information content (AvgIpc) is 3.30. The number of carbonyl (C=O) groups excluding carboxylic acids is 2. The van der Waals surface area contributed by atoms with Crippen LogP contribution in [0.15, 0.2) is 43.0 Å². The van der Waals surface area contributed by atoms with E-state index in [9.17, 15) is 9.59 Å². The van der Waals surface area contributed by atoms with Crippen LogP contribution in [0.2, 0.25) is 5.02 Å². The van der Waals surface area contributed by atoms with E-state index in [-0.39, 0.29) is 18.4 Å². The number of benzene rings is 1. The fraction of sp³-hybridized carbons (Fsp3) is 0.250. The van der Waals surface area contributed by atoms with Gasteiger partial charge in [0.2, 0.25) is 5.91 Å². The third-order valence-corrected chi connectivity index (χ3v) is 6.10. The number of amides is 2. The Hall–Kier alpha value is -2.64. The van der Waals surface area contributed by atoms with Gasteiger partial charge in [-0.25, -0.2) is 4.98 Å². The molecule has 0 radical (unpaired) electrons. The molecule has 8 heteroatoms. The number of fused-ring (bicyclic) bond motifs is 1. The highest BCUT2D eigenvalue weighted by molar-refractivity contribution is 7.17. The van der Waals surface area contributed by atoms with Crippen molar-refractivity contribution in [1.29, 1.82) is 0 Å². The third kappa shape index (κ3) is 4.10. The number of hydrogen-bond donors (Lipinski definition) is 2. The summed E-state index contributed by atoms with van der Waals surface area (Å²) >= 11 is 7.42. The number of hydrogen-bond acceptors (Lipinski definition) is 4. The number of halogens is 1. The predicted molar refractivity (Wildman–Crippen MR) is 111 cm³/mol. The molecular weight excluding hydrogens is 396 g/mol. The van der Waals surface area contributed by atoms with Crippen molar-refractivity contribution in [2.75, 3.05) is 10.6 Å². The molecule has 144 valence electrons. The molecule has 0 saturated heterocycles. The van der Waals surface area contributed by atoms with Gasteiger partial charge < -0.3 is 15.2 Å². The van der Waals surface area contributed by atoms with Gasteiger partial charge >= 0.3 is 0 Å². The second kappa shape index (κ2) is 8.16. The maximum atomic E-state index is 13.0. The van der Waals surface area contributed by atoms with Crippen LogP contribution in [-0.2, 0) is 24.2 Å². The summed E-state index contributed by atoms with van der Waals surface area (Å²) < 4.78 is 1.69. The predicted octanol–water partition coefficient (Wildman–Crippen LogP) is 4.37. The van der Waals surface area contributed by atoms with E-state index in [0.717, 1.165) is 31.2 Å². The van der Waals surface area contributed by atoms with Gasteiger partial charge in [0, 0.05) is 28.0 Å². The summed E-state index contributed by atoms with van der Waals surface area (Å²) in [6.45, 7) is 0.154. The molecule has 0 spiro atoms. The minimum absolute atomic E-state index is 0.154. The van der Waals surface area contributed by atoms with Gasteiger partial charge in [-0.15, -0.1) is 11.3 Å². The SMILES string of the molecule is O=C(Cn1ccnc1)Nc1sc2c(c1C(=O)Nc1ccc(Cl)cc1)CCCC2. The lowest BCUT2D eigenvalue weighted by Gasteiger charge is -2.13. The van der Waals surface area contributed by atoms with Gasteiger partial charge in [0.1, 0.15) is 11.5 Å². The highest BCUT2D eigenvalue weighted by Gasteiger charge is 2.26. The summed E-state index contributed by atoms with van der Waals surface area (Å²) in [7, 11) is 0. The number of aromatic nitrogens is 2. The normalized spacial score (nSPS) is 13.0. The quantitative estimate of drug-likeness (QED) is 0.650. The number of thiophene rings is 1. The Morgan fingerprint density at radius 2 is 1.93 bits per heavy atom. The molecule has 2 heterocycles. The summed E-state index contributed by atoms with van der Waals surface area (Å²) in [4.78, 5) is 30.6. The standard InChI is InChI=1S/C20H19ClN4O2S/c21-13-5-7-14(8-6-13)23-19(27)18-15-3-1-2-4-16(15)28-20(18)24-17(26)11-25-10-9-22-12-25/h5-10,12H,1-4,11H2,(H,23,27)(H,24,26). The first kappa shape index (κ1) is 18.7. The molecule has 1 aliphatic rings. The number of nitrogens with one attached hydrogen (secondary N) is 2.